The zero-order valence-corrected chi connectivity index (χ0v) is 11.7. The average molecular weight is 273 g/mol. The zero-order valence-electron chi connectivity index (χ0n) is 10.0. The molecule has 0 atom stereocenters. The van der Waals surface area contributed by atoms with Crippen molar-refractivity contribution in [3.05, 3.63) is 0 Å². The Labute approximate surface area is 104 Å². The Balaban J connectivity index is 0. The Bertz CT molecular complexity index is 293. The number of carbonyl (C=O) groups is 1. The van der Waals surface area contributed by atoms with Crippen molar-refractivity contribution < 1.29 is 13.2 Å². The number of halogens is 1. The van der Waals surface area contributed by atoms with Gasteiger partial charge < -0.3 is 10.2 Å². The van der Waals surface area contributed by atoms with Gasteiger partial charge >= 0.3 is 0 Å². The summed E-state index contributed by atoms with van der Waals surface area (Å²) in [5.41, 5.74) is 0. The molecule has 16 heavy (non-hydrogen) atoms. The van der Waals surface area contributed by atoms with Crippen molar-refractivity contribution in [2.24, 2.45) is 0 Å². The van der Waals surface area contributed by atoms with Gasteiger partial charge in [-0.25, -0.2) is 8.42 Å². The van der Waals surface area contributed by atoms with E-state index in [-0.39, 0.29) is 29.8 Å². The van der Waals surface area contributed by atoms with E-state index >= 15 is 0 Å². The van der Waals surface area contributed by atoms with E-state index in [0.717, 1.165) is 0 Å². The molecule has 0 heterocycles. The van der Waals surface area contributed by atoms with E-state index < -0.39 is 9.84 Å². The summed E-state index contributed by atoms with van der Waals surface area (Å²) in [5.74, 6) is -0.627. The summed E-state index contributed by atoms with van der Waals surface area (Å²) in [6.07, 6.45) is 0.551. The van der Waals surface area contributed by atoms with E-state index in [1.807, 2.05) is 0 Å². The average Bonchev–Trinajstić information content (AvgIpc) is 2.13. The topological polar surface area (TPSA) is 66.5 Å². The first kappa shape index (κ1) is 18.0. The maximum atomic E-state index is 11.5. The molecule has 0 unspecified atom stereocenters. The summed E-state index contributed by atoms with van der Waals surface area (Å²) in [6, 6.07) is 0. The standard InChI is InChI=1S/C9H20N2O3S.ClH/c1-4-7-15(13,14)8-9(12)11(3)6-5-10-2;/h10H,4-8H2,1-3H3;1H. The first-order valence-electron chi connectivity index (χ1n) is 5.02. The minimum Gasteiger partial charge on any atom is -0.344 e. The van der Waals surface area contributed by atoms with Crippen molar-refractivity contribution >= 4 is 28.2 Å². The largest absolute Gasteiger partial charge is 0.344 e. The van der Waals surface area contributed by atoms with Crippen molar-refractivity contribution in [3.8, 4) is 0 Å². The van der Waals surface area contributed by atoms with Crippen LogP contribution in [0.5, 0.6) is 0 Å². The molecule has 0 aliphatic carbocycles. The number of hydrogen-bond donors (Lipinski definition) is 1. The molecule has 7 heteroatoms. The lowest BCUT2D eigenvalue weighted by Crippen LogP contribution is -2.37. The quantitative estimate of drug-likeness (QED) is 0.704. The number of amides is 1. The van der Waals surface area contributed by atoms with Crippen LogP contribution in [-0.4, -0.2) is 57.9 Å². The van der Waals surface area contributed by atoms with Crippen LogP contribution in [0.4, 0.5) is 0 Å². The highest BCUT2D eigenvalue weighted by Crippen LogP contribution is 1.96. The molecule has 0 aliphatic heterocycles. The first-order valence-corrected chi connectivity index (χ1v) is 6.84. The van der Waals surface area contributed by atoms with E-state index in [4.69, 9.17) is 0 Å². The fourth-order valence-electron chi connectivity index (χ4n) is 1.09. The molecule has 0 saturated carbocycles. The number of nitrogens with one attached hydrogen (secondary N) is 1. The van der Waals surface area contributed by atoms with Gasteiger partial charge in [0, 0.05) is 20.1 Å². The minimum absolute atomic E-state index is 0. The lowest BCUT2D eigenvalue weighted by molar-refractivity contribution is -0.127. The van der Waals surface area contributed by atoms with Crippen LogP contribution in [0, 0.1) is 0 Å². The fourth-order valence-corrected chi connectivity index (χ4v) is 2.45. The summed E-state index contributed by atoms with van der Waals surface area (Å²) in [7, 11) is 0.184. The summed E-state index contributed by atoms with van der Waals surface area (Å²) < 4.78 is 22.7. The van der Waals surface area contributed by atoms with E-state index in [1.165, 1.54) is 4.90 Å². The molecule has 0 aromatic rings. The van der Waals surface area contributed by atoms with Gasteiger partial charge in [-0.15, -0.1) is 12.4 Å². The first-order chi connectivity index (χ1) is 6.93. The van der Waals surface area contributed by atoms with Gasteiger partial charge in [0.1, 0.15) is 5.75 Å². The molecular formula is C9H21ClN2O3S. The van der Waals surface area contributed by atoms with Crippen LogP contribution in [0.3, 0.4) is 0 Å². The van der Waals surface area contributed by atoms with Gasteiger partial charge in [-0.2, -0.15) is 0 Å². The lowest BCUT2D eigenvalue weighted by Gasteiger charge is -2.16. The van der Waals surface area contributed by atoms with E-state index in [0.29, 0.717) is 19.5 Å². The van der Waals surface area contributed by atoms with Gasteiger partial charge in [-0.3, -0.25) is 4.79 Å². The fraction of sp³-hybridized carbons (Fsp3) is 0.889. The molecule has 0 radical (unpaired) electrons. The predicted octanol–water partition coefficient (Wildman–Crippen LogP) is -0.0892. The molecule has 0 aromatic heterocycles. The molecule has 1 N–H and O–H groups in total. The molecule has 0 rings (SSSR count). The Morgan fingerprint density at radius 3 is 2.38 bits per heavy atom. The third kappa shape index (κ3) is 7.90. The maximum absolute atomic E-state index is 11.5. The van der Waals surface area contributed by atoms with Crippen LogP contribution in [0.1, 0.15) is 13.3 Å². The van der Waals surface area contributed by atoms with E-state index in [1.54, 1.807) is 21.0 Å². The van der Waals surface area contributed by atoms with Gasteiger partial charge in [0.15, 0.2) is 9.84 Å². The van der Waals surface area contributed by atoms with Crippen LogP contribution in [0.25, 0.3) is 0 Å². The number of carbonyl (C=O) groups excluding carboxylic acids is 1. The Morgan fingerprint density at radius 1 is 1.38 bits per heavy atom. The highest BCUT2D eigenvalue weighted by molar-refractivity contribution is 7.92. The lowest BCUT2D eigenvalue weighted by atomic mass is 10.5. The Morgan fingerprint density at radius 2 is 1.94 bits per heavy atom. The molecule has 98 valence electrons. The molecule has 5 nitrogen and oxygen atoms in total. The summed E-state index contributed by atoms with van der Waals surface area (Å²) in [4.78, 5) is 12.9. The van der Waals surface area contributed by atoms with Crippen LogP contribution in [0.2, 0.25) is 0 Å². The summed E-state index contributed by atoms with van der Waals surface area (Å²) in [6.45, 7) is 2.97. The van der Waals surface area contributed by atoms with Crippen LogP contribution in [-0.2, 0) is 14.6 Å². The number of hydrogen-bond acceptors (Lipinski definition) is 4. The van der Waals surface area contributed by atoms with Crippen LogP contribution >= 0.6 is 12.4 Å². The van der Waals surface area contributed by atoms with Crippen molar-refractivity contribution in [2.45, 2.75) is 13.3 Å². The normalized spacial score (nSPS) is 10.7. The Hall–Kier alpha value is -0.330. The third-order valence-corrected chi connectivity index (χ3v) is 3.70. The molecule has 0 aliphatic rings. The van der Waals surface area contributed by atoms with Crippen molar-refractivity contribution in [1.82, 2.24) is 10.2 Å². The molecule has 1 amide bonds. The van der Waals surface area contributed by atoms with Crippen molar-refractivity contribution in [3.63, 3.8) is 0 Å². The monoisotopic (exact) mass is 272 g/mol. The molecular weight excluding hydrogens is 252 g/mol. The highest BCUT2D eigenvalue weighted by atomic mass is 35.5. The predicted molar refractivity (Wildman–Crippen MR) is 67.8 cm³/mol. The van der Waals surface area contributed by atoms with Crippen LogP contribution < -0.4 is 5.32 Å². The second kappa shape index (κ2) is 8.78. The minimum atomic E-state index is -3.21. The molecule has 0 fully saturated rings. The number of likely N-dealkylation sites (N-methyl/N-ethyl adjacent to an activating group) is 2. The number of nitrogens with zero attached hydrogens (tertiary/aromatic N) is 1. The van der Waals surface area contributed by atoms with Gasteiger partial charge in [-0.05, 0) is 13.5 Å². The number of sulfone groups is 1. The smallest absolute Gasteiger partial charge is 0.237 e. The maximum Gasteiger partial charge on any atom is 0.237 e. The van der Waals surface area contributed by atoms with Crippen LogP contribution in [0.15, 0.2) is 0 Å². The van der Waals surface area contributed by atoms with E-state index in [2.05, 4.69) is 5.32 Å². The molecule has 0 spiro atoms. The third-order valence-electron chi connectivity index (χ3n) is 1.98. The molecule has 0 aromatic carbocycles. The Kier molecular flexibility index (Phi) is 9.90. The SMILES string of the molecule is CCCS(=O)(=O)CC(=O)N(C)CCNC.Cl. The van der Waals surface area contributed by atoms with Gasteiger partial charge in [0.25, 0.3) is 0 Å². The second-order valence-electron chi connectivity index (χ2n) is 3.51. The zero-order chi connectivity index (χ0) is 11.9. The van der Waals surface area contributed by atoms with E-state index in [9.17, 15) is 13.2 Å². The molecule has 0 bridgehead atoms. The summed E-state index contributed by atoms with van der Waals surface area (Å²) >= 11 is 0. The van der Waals surface area contributed by atoms with Crippen molar-refractivity contribution in [2.75, 3.05) is 38.7 Å². The second-order valence-corrected chi connectivity index (χ2v) is 5.69. The van der Waals surface area contributed by atoms with Gasteiger partial charge in [0.2, 0.25) is 5.91 Å². The number of rotatable bonds is 7. The highest BCUT2D eigenvalue weighted by Gasteiger charge is 2.18. The van der Waals surface area contributed by atoms with Gasteiger partial charge in [-0.1, -0.05) is 6.92 Å². The summed E-state index contributed by atoms with van der Waals surface area (Å²) in [5, 5.41) is 2.90. The van der Waals surface area contributed by atoms with Crippen molar-refractivity contribution in [1.29, 1.82) is 0 Å². The molecule has 0 saturated heterocycles. The van der Waals surface area contributed by atoms with Gasteiger partial charge in [0.05, 0.1) is 5.75 Å².